The van der Waals surface area contributed by atoms with Crippen LogP contribution in [-0.4, -0.2) is 87.3 Å². The lowest BCUT2D eigenvalue weighted by atomic mass is 9.98. The van der Waals surface area contributed by atoms with Gasteiger partial charge in [0.15, 0.2) is 12.2 Å². The average molecular weight is 685 g/mol. The van der Waals surface area contributed by atoms with Gasteiger partial charge in [-0.25, -0.2) is 5.48 Å². The first-order valence-corrected chi connectivity index (χ1v) is 15.8. The van der Waals surface area contributed by atoms with Gasteiger partial charge in [-0.1, -0.05) is 36.3 Å². The third-order valence-corrected chi connectivity index (χ3v) is 7.51. The molecular weight excluding hydrogens is 644 g/mol. The van der Waals surface area contributed by atoms with Gasteiger partial charge in [-0.15, -0.1) is 5.10 Å². The summed E-state index contributed by atoms with van der Waals surface area (Å²) < 4.78 is 35.4. The van der Waals surface area contributed by atoms with Gasteiger partial charge in [0.05, 0.1) is 6.20 Å². The fourth-order valence-electron chi connectivity index (χ4n) is 5.38. The van der Waals surface area contributed by atoms with E-state index in [2.05, 4.69) is 10.3 Å². The minimum absolute atomic E-state index is 0.287. The lowest BCUT2D eigenvalue weighted by molar-refractivity contribution is -0.288. The molecule has 0 saturated carbocycles. The number of hydrogen-bond donors (Lipinski definition) is 2. The molecule has 4 rings (SSSR count). The monoisotopic (exact) mass is 684 g/mol. The van der Waals surface area contributed by atoms with Gasteiger partial charge in [0.1, 0.15) is 24.2 Å². The van der Waals surface area contributed by atoms with E-state index in [1.54, 1.807) is 22.3 Å². The van der Waals surface area contributed by atoms with Crippen molar-refractivity contribution in [2.24, 2.45) is 0 Å². The molecule has 0 bridgehead atoms. The molecule has 2 aromatic carbocycles. The van der Waals surface area contributed by atoms with E-state index in [0.29, 0.717) is 24.4 Å². The highest BCUT2D eigenvalue weighted by molar-refractivity contribution is 5.87. The fraction of sp³-hybridized carbons (Fsp3) is 0.485. The van der Waals surface area contributed by atoms with E-state index >= 15 is 0 Å². The van der Waals surface area contributed by atoms with Crippen LogP contribution in [0.1, 0.15) is 59.8 Å². The van der Waals surface area contributed by atoms with Gasteiger partial charge < -0.3 is 28.4 Å². The number of hydroxylamine groups is 1. The Morgan fingerprint density at radius 2 is 1.47 bits per heavy atom. The summed E-state index contributed by atoms with van der Waals surface area (Å²) in [5.74, 6) is -2.88. The first-order chi connectivity index (χ1) is 23.4. The largest absolute Gasteiger partial charge is 0.463 e. The van der Waals surface area contributed by atoms with Gasteiger partial charge in [-0.2, -0.15) is 0 Å². The molecule has 5 atom stereocenters. The number of carbonyl (C=O) groups excluding carboxylic acids is 5. The number of carbonyl (C=O) groups is 5. The van der Waals surface area contributed by atoms with E-state index in [0.717, 1.165) is 56.4 Å². The number of hydrogen-bond acceptors (Lipinski definition) is 14. The van der Waals surface area contributed by atoms with Crippen molar-refractivity contribution in [2.45, 2.75) is 97.0 Å². The number of aromatic nitrogens is 3. The van der Waals surface area contributed by atoms with Crippen molar-refractivity contribution in [1.29, 1.82) is 0 Å². The topological polar surface area (TPSA) is 204 Å². The Morgan fingerprint density at radius 1 is 0.816 bits per heavy atom. The van der Waals surface area contributed by atoms with Gasteiger partial charge in [0.2, 0.25) is 18.3 Å². The number of amides is 1. The highest BCUT2D eigenvalue weighted by Gasteiger charge is 2.53. The van der Waals surface area contributed by atoms with Crippen LogP contribution in [0, 0.1) is 0 Å². The van der Waals surface area contributed by atoms with Gasteiger partial charge in [0, 0.05) is 46.2 Å². The van der Waals surface area contributed by atoms with E-state index in [9.17, 15) is 24.0 Å². The quantitative estimate of drug-likeness (QED) is 0.0777. The Bertz CT molecular complexity index is 1640. The lowest BCUT2D eigenvalue weighted by Gasteiger charge is -2.43. The second-order valence-corrected chi connectivity index (χ2v) is 11.5. The molecule has 1 amide bonds. The van der Waals surface area contributed by atoms with Gasteiger partial charge >= 0.3 is 23.9 Å². The number of rotatable bonds is 15. The van der Waals surface area contributed by atoms with Crippen molar-refractivity contribution in [3.05, 3.63) is 42.6 Å². The molecule has 1 aromatic heterocycles. The molecule has 2 heterocycles. The second kappa shape index (κ2) is 17.3. The van der Waals surface area contributed by atoms with E-state index < -0.39 is 54.6 Å². The first-order valence-electron chi connectivity index (χ1n) is 15.8. The van der Waals surface area contributed by atoms with Gasteiger partial charge in [-0.3, -0.25) is 33.9 Å². The molecule has 2 N–H and O–H groups in total. The van der Waals surface area contributed by atoms with Crippen molar-refractivity contribution in [3.8, 4) is 17.0 Å². The number of nitrogens with zero attached hydrogens (tertiary/aromatic N) is 3. The van der Waals surface area contributed by atoms with Crippen LogP contribution in [0.5, 0.6) is 5.75 Å². The lowest BCUT2D eigenvalue weighted by Crippen LogP contribution is -2.63. The maximum atomic E-state index is 12.1. The smallest absolute Gasteiger partial charge is 0.303 e. The summed E-state index contributed by atoms with van der Waals surface area (Å²) in [6, 6.07) is 11.0. The molecule has 0 aliphatic carbocycles. The van der Waals surface area contributed by atoms with Crippen molar-refractivity contribution in [3.63, 3.8) is 0 Å². The number of fused-ring (bicyclic) bond motifs is 1. The number of esters is 4. The number of unbranched alkanes of at least 4 members (excludes halogenated alkanes) is 3. The summed E-state index contributed by atoms with van der Waals surface area (Å²) in [6.07, 6.45) is -0.996. The molecule has 1 aliphatic rings. The predicted molar refractivity (Wildman–Crippen MR) is 169 cm³/mol. The number of benzene rings is 2. The van der Waals surface area contributed by atoms with Crippen molar-refractivity contribution < 1.29 is 57.6 Å². The Labute approximate surface area is 281 Å². The molecule has 0 radical (unpaired) electrons. The van der Waals surface area contributed by atoms with Gasteiger partial charge in [-0.05, 0) is 41.8 Å². The van der Waals surface area contributed by atoms with Crippen LogP contribution in [0.4, 0.5) is 0 Å². The molecule has 16 heteroatoms. The van der Waals surface area contributed by atoms with E-state index in [-0.39, 0.29) is 18.9 Å². The normalized spacial score (nSPS) is 20.2. The molecule has 16 nitrogen and oxygen atoms in total. The summed E-state index contributed by atoms with van der Waals surface area (Å²) in [5.41, 5.74) is 3.17. The fourth-order valence-corrected chi connectivity index (χ4v) is 5.38. The van der Waals surface area contributed by atoms with Crippen LogP contribution in [-0.2, 0) is 54.2 Å². The molecule has 0 unspecified atom stereocenters. The maximum Gasteiger partial charge on any atom is 0.303 e. The minimum Gasteiger partial charge on any atom is -0.463 e. The third kappa shape index (κ3) is 10.7. The van der Waals surface area contributed by atoms with Crippen molar-refractivity contribution in [1.82, 2.24) is 20.5 Å². The Hall–Kier alpha value is -5.09. The molecule has 1 fully saturated rings. The predicted octanol–water partition coefficient (Wildman–Crippen LogP) is 3.02. The zero-order chi connectivity index (χ0) is 35.5. The Balaban J connectivity index is 1.49. The summed E-state index contributed by atoms with van der Waals surface area (Å²) in [7, 11) is 0. The molecule has 3 aromatic rings. The summed E-state index contributed by atoms with van der Waals surface area (Å²) in [5, 5.41) is 18.8. The molecule has 1 aliphatic heterocycles. The number of nitrogens with one attached hydrogen (secondary N) is 1. The minimum atomic E-state index is -1.35. The van der Waals surface area contributed by atoms with E-state index in [1.807, 2.05) is 30.5 Å². The third-order valence-electron chi connectivity index (χ3n) is 7.51. The highest BCUT2D eigenvalue weighted by atomic mass is 16.7. The van der Waals surface area contributed by atoms with Crippen LogP contribution in [0.3, 0.4) is 0 Å². The van der Waals surface area contributed by atoms with Crippen LogP contribution < -0.4 is 10.2 Å². The van der Waals surface area contributed by atoms with Crippen LogP contribution in [0.25, 0.3) is 22.0 Å². The summed E-state index contributed by atoms with van der Waals surface area (Å²) >= 11 is 0. The average Bonchev–Trinajstić information content (AvgIpc) is 3.52. The van der Waals surface area contributed by atoms with Crippen LogP contribution in [0.2, 0.25) is 0 Å². The molecule has 0 spiro atoms. The highest BCUT2D eigenvalue weighted by Crippen LogP contribution is 2.32. The van der Waals surface area contributed by atoms with E-state index in [4.69, 9.17) is 33.6 Å². The van der Waals surface area contributed by atoms with Gasteiger partial charge in [0.25, 0.3) is 0 Å². The van der Waals surface area contributed by atoms with Crippen LogP contribution in [0.15, 0.2) is 42.6 Å². The molecular formula is C33H40N4O12. The zero-order valence-electron chi connectivity index (χ0n) is 27.7. The van der Waals surface area contributed by atoms with Crippen molar-refractivity contribution >= 4 is 40.6 Å². The number of ether oxygens (including phenoxy) is 6. The second-order valence-electron chi connectivity index (χ2n) is 11.5. The first kappa shape index (κ1) is 36.7. The van der Waals surface area contributed by atoms with Crippen molar-refractivity contribution in [2.75, 3.05) is 6.61 Å². The molecule has 1 saturated heterocycles. The SMILES string of the molecule is CC(=O)OC[C@H]1O[C@H](Oc2ccc3cc(-c4cn(CCCCCCC(=O)NO)nn4)ccc3c2)[C@@H](OC(C)=O)[C@@H](OC(C)=O)[C@@H]1OC(C)=O. The van der Waals surface area contributed by atoms with E-state index in [1.165, 1.54) is 6.92 Å². The molecule has 264 valence electrons. The Morgan fingerprint density at radius 3 is 2.16 bits per heavy atom. The van der Waals surface area contributed by atoms with Crippen LogP contribution >= 0.6 is 0 Å². The zero-order valence-corrected chi connectivity index (χ0v) is 27.7. The standard InChI is InChI=1S/C33H40N4O12/c1-19(38)44-18-28-30(45-20(2)39)31(46-21(3)40)32(47-22(4)41)33(49-28)48-26-13-12-23-15-25(11-10-24(23)16-26)27-17-37(36-34-27)14-8-6-5-7-9-29(42)35-43/h10-13,15-17,28,30-33,43H,5-9,14,18H2,1-4H3,(H,35,42)/t28-,30-,31+,32+,33+/m1/s1. The summed E-state index contributed by atoms with van der Waals surface area (Å²) in [6.45, 7) is 4.95. The number of aryl methyl sites for hydroxylation is 1. The maximum absolute atomic E-state index is 12.1. The molecule has 49 heavy (non-hydrogen) atoms. The Kier molecular flexibility index (Phi) is 13.0. The summed E-state index contributed by atoms with van der Waals surface area (Å²) in [4.78, 5) is 58.9.